The van der Waals surface area contributed by atoms with Gasteiger partial charge < -0.3 is 19.7 Å². The fourth-order valence-electron chi connectivity index (χ4n) is 4.70. The number of ether oxygens (including phenoxy) is 2. The molecule has 2 N–H and O–H groups in total. The van der Waals surface area contributed by atoms with E-state index in [0.29, 0.717) is 38.5 Å². The van der Waals surface area contributed by atoms with Crippen molar-refractivity contribution in [1.29, 1.82) is 0 Å². The number of hydrogen-bond acceptors (Lipinski definition) is 5. The van der Waals surface area contributed by atoms with Crippen molar-refractivity contribution in [2.45, 2.75) is 105 Å². The van der Waals surface area contributed by atoms with E-state index in [4.69, 9.17) is 4.74 Å². The number of aliphatic hydroxyl groups excluding tert-OH is 2. The summed E-state index contributed by atoms with van der Waals surface area (Å²) in [5.74, 6) is -1.03. The number of rotatable bonds is 12. The smallest absolute Gasteiger partial charge is 0.305 e. The molecule has 8 heteroatoms. The minimum atomic E-state index is -1.27. The Hall–Kier alpha value is -0.0600. The molecule has 0 radical (unpaired) electrons. The molecule has 29 heavy (non-hydrogen) atoms. The molecule has 0 bridgehead atoms. The Labute approximate surface area is 186 Å². The summed E-state index contributed by atoms with van der Waals surface area (Å²) in [5.41, 5.74) is 0. The molecule has 2 fully saturated rings. The van der Waals surface area contributed by atoms with Crippen LogP contribution in [0, 0.1) is 11.8 Å². The Morgan fingerprint density at radius 2 is 2.03 bits per heavy atom. The number of esters is 1. The number of aliphatic hydroxyl groups is 2. The number of methoxy groups -OCH3 is 1. The quantitative estimate of drug-likeness (QED) is 0.227. The molecule has 5 nitrogen and oxygen atoms in total. The Morgan fingerprint density at radius 1 is 1.31 bits per heavy atom. The van der Waals surface area contributed by atoms with Gasteiger partial charge in [0, 0.05) is 22.7 Å². The molecular formula is C21H35F2IO5. The topological polar surface area (TPSA) is 76.0 Å². The van der Waals surface area contributed by atoms with E-state index in [9.17, 15) is 19.4 Å². The number of hydrogen-bond donors (Lipinski definition) is 2. The fraction of sp³-hybridized carbons (Fsp3) is 0.952. The molecule has 0 aromatic carbocycles. The van der Waals surface area contributed by atoms with E-state index in [0.717, 1.165) is 12.8 Å². The summed E-state index contributed by atoms with van der Waals surface area (Å²) in [6, 6.07) is 0. The van der Waals surface area contributed by atoms with Crippen LogP contribution in [0.4, 0.5) is 8.78 Å². The molecule has 0 aromatic heterocycles. The minimum Gasteiger partial charge on any atom is -0.469 e. The second-order valence-electron chi connectivity index (χ2n) is 8.42. The number of unbranched alkanes of at least 4 members (excludes halogenated alkanes) is 1. The number of halogens is 3. The van der Waals surface area contributed by atoms with Crippen molar-refractivity contribution >= 4 is 28.6 Å². The lowest BCUT2D eigenvalue weighted by molar-refractivity contribution is -0.140. The zero-order chi connectivity index (χ0) is 21.6. The van der Waals surface area contributed by atoms with Crippen molar-refractivity contribution in [1.82, 2.24) is 0 Å². The van der Waals surface area contributed by atoms with Crippen molar-refractivity contribution in [2.24, 2.45) is 11.8 Å². The molecule has 0 spiro atoms. The van der Waals surface area contributed by atoms with Gasteiger partial charge in [-0.25, -0.2) is 8.78 Å². The van der Waals surface area contributed by atoms with Gasteiger partial charge in [-0.15, -0.1) is 0 Å². The lowest BCUT2D eigenvalue weighted by Gasteiger charge is -2.27. The Morgan fingerprint density at radius 3 is 2.69 bits per heavy atom. The highest BCUT2D eigenvalue weighted by Gasteiger charge is 2.56. The molecule has 9 atom stereocenters. The van der Waals surface area contributed by atoms with Crippen LogP contribution in [0.2, 0.25) is 0 Å². The molecule has 0 aromatic rings. The predicted molar refractivity (Wildman–Crippen MR) is 114 cm³/mol. The zero-order valence-electron chi connectivity index (χ0n) is 17.3. The highest BCUT2D eigenvalue weighted by molar-refractivity contribution is 14.1. The van der Waals surface area contributed by atoms with Gasteiger partial charge in [0.1, 0.15) is 18.4 Å². The van der Waals surface area contributed by atoms with Gasteiger partial charge >= 0.3 is 5.97 Å². The fourth-order valence-corrected chi connectivity index (χ4v) is 5.71. The number of carbonyl (C=O) groups excluding carboxylic acids is 1. The van der Waals surface area contributed by atoms with Crippen molar-refractivity contribution in [2.75, 3.05) is 7.11 Å². The van der Waals surface area contributed by atoms with Crippen molar-refractivity contribution in [3.63, 3.8) is 0 Å². The summed E-state index contributed by atoms with van der Waals surface area (Å²) in [6.07, 6.45) is -0.671. The first kappa shape index (κ1) is 25.2. The van der Waals surface area contributed by atoms with Crippen LogP contribution < -0.4 is 0 Å². The molecule has 1 heterocycles. The normalized spacial score (nSPS) is 34.6. The standard InChI is InChI=1S/C21H35F2IO5/c1-3-4-6-13(22)15(25)10-9-12-16(26)11-17-19(12)20(23)21(29-17)14(24)7-5-8-18(27)28-2/h12-17,19-21,25-26H,3-11H2,1-2H3/t12-,13-,14-,15+,16+,17+,19+,20-,21+/m0/s1. The highest BCUT2D eigenvalue weighted by atomic mass is 127. The van der Waals surface area contributed by atoms with Crippen LogP contribution in [0.15, 0.2) is 0 Å². The van der Waals surface area contributed by atoms with Crippen LogP contribution in [-0.2, 0) is 14.3 Å². The monoisotopic (exact) mass is 532 g/mol. The van der Waals surface area contributed by atoms with Gasteiger partial charge in [-0.3, -0.25) is 4.79 Å². The zero-order valence-corrected chi connectivity index (χ0v) is 19.5. The van der Waals surface area contributed by atoms with Gasteiger partial charge in [0.05, 0.1) is 25.4 Å². The van der Waals surface area contributed by atoms with Gasteiger partial charge in [0.25, 0.3) is 0 Å². The molecule has 170 valence electrons. The minimum absolute atomic E-state index is 0.0782. The van der Waals surface area contributed by atoms with Gasteiger partial charge in [-0.05, 0) is 38.0 Å². The third kappa shape index (κ3) is 6.71. The first-order chi connectivity index (χ1) is 13.8. The van der Waals surface area contributed by atoms with Crippen molar-refractivity contribution in [3.8, 4) is 0 Å². The third-order valence-corrected chi connectivity index (χ3v) is 7.73. The largest absolute Gasteiger partial charge is 0.469 e. The molecule has 0 amide bonds. The maximum absolute atomic E-state index is 15.2. The van der Waals surface area contributed by atoms with E-state index >= 15 is 4.39 Å². The Bertz CT molecular complexity index is 511. The van der Waals surface area contributed by atoms with Gasteiger partial charge in [-0.1, -0.05) is 42.4 Å². The van der Waals surface area contributed by atoms with Gasteiger partial charge in [-0.2, -0.15) is 0 Å². The van der Waals surface area contributed by atoms with E-state index in [1.54, 1.807) is 0 Å². The van der Waals surface area contributed by atoms with E-state index in [1.165, 1.54) is 7.11 Å². The van der Waals surface area contributed by atoms with Crippen LogP contribution >= 0.6 is 22.6 Å². The Kier molecular flexibility index (Phi) is 10.5. The average molecular weight is 532 g/mol. The predicted octanol–water partition coefficient (Wildman–Crippen LogP) is 3.91. The van der Waals surface area contributed by atoms with Crippen LogP contribution in [0.3, 0.4) is 0 Å². The molecule has 2 rings (SSSR count). The molecule has 2 aliphatic rings. The maximum Gasteiger partial charge on any atom is 0.305 e. The first-order valence-corrected chi connectivity index (χ1v) is 12.0. The second-order valence-corrected chi connectivity index (χ2v) is 10.0. The van der Waals surface area contributed by atoms with E-state index in [1.807, 2.05) is 6.92 Å². The second kappa shape index (κ2) is 12.1. The number of carbonyl (C=O) groups is 1. The van der Waals surface area contributed by atoms with Crippen LogP contribution in [0.25, 0.3) is 0 Å². The van der Waals surface area contributed by atoms with Crippen molar-refractivity contribution in [3.05, 3.63) is 0 Å². The molecule has 1 aliphatic heterocycles. The van der Waals surface area contributed by atoms with E-state index in [-0.39, 0.29) is 28.3 Å². The summed E-state index contributed by atoms with van der Waals surface area (Å²) in [4.78, 5) is 11.2. The Balaban J connectivity index is 1.86. The summed E-state index contributed by atoms with van der Waals surface area (Å²) >= 11 is 2.17. The molecule has 1 aliphatic carbocycles. The van der Waals surface area contributed by atoms with Crippen molar-refractivity contribution < 1.29 is 33.3 Å². The summed E-state index contributed by atoms with van der Waals surface area (Å²) in [5, 5.41) is 20.5. The third-order valence-electron chi connectivity index (χ3n) is 6.40. The average Bonchev–Trinajstić information content (AvgIpc) is 3.18. The maximum atomic E-state index is 15.2. The molecule has 0 unspecified atom stereocenters. The number of alkyl halides is 3. The van der Waals surface area contributed by atoms with E-state index in [2.05, 4.69) is 27.3 Å². The molecule has 1 saturated heterocycles. The SMILES string of the molecule is CCCC[C@H](F)[C@H](O)CC[C@@H]1[C@H]2[C@H](F)[C@@H]([C@@H](I)CCCC(=O)OC)O[C@@H]2C[C@H]1O. The summed E-state index contributed by atoms with van der Waals surface area (Å²) < 4.78 is 39.8. The first-order valence-electron chi connectivity index (χ1n) is 10.8. The van der Waals surface area contributed by atoms with E-state index < -0.39 is 36.6 Å². The molecular weight excluding hydrogens is 497 g/mol. The van der Waals surface area contributed by atoms with Crippen LogP contribution in [-0.4, -0.2) is 64.0 Å². The van der Waals surface area contributed by atoms with Gasteiger partial charge in [0.2, 0.25) is 0 Å². The summed E-state index contributed by atoms with van der Waals surface area (Å²) in [7, 11) is 1.35. The van der Waals surface area contributed by atoms with Crippen LogP contribution in [0.5, 0.6) is 0 Å². The van der Waals surface area contributed by atoms with Crippen LogP contribution in [0.1, 0.15) is 64.7 Å². The lowest BCUT2D eigenvalue weighted by atomic mass is 9.84. The molecule has 1 saturated carbocycles. The highest BCUT2D eigenvalue weighted by Crippen LogP contribution is 2.48. The number of fused-ring (bicyclic) bond motifs is 1. The summed E-state index contributed by atoms with van der Waals surface area (Å²) in [6.45, 7) is 1.97. The lowest BCUT2D eigenvalue weighted by Crippen LogP contribution is -2.35. The van der Waals surface area contributed by atoms with Gasteiger partial charge in [0.15, 0.2) is 0 Å².